The van der Waals surface area contributed by atoms with Crippen LogP contribution in [0, 0.1) is 0 Å². The number of anilines is 1. The maximum Gasteiger partial charge on any atom is 0.166 e. The highest BCUT2D eigenvalue weighted by Gasteiger charge is 1.99. The fourth-order valence-corrected chi connectivity index (χ4v) is 1.02. The largest absolute Gasteiger partial charge is 0.493 e. The molecule has 1 aromatic rings. The van der Waals surface area contributed by atoms with Gasteiger partial charge >= 0.3 is 0 Å². The summed E-state index contributed by atoms with van der Waals surface area (Å²) in [7, 11) is 1.57. The number of nitrogens with zero attached hydrogens (tertiary/aromatic N) is 1. The molecule has 0 aliphatic carbocycles. The number of pyridine rings is 1. The quantitative estimate of drug-likeness (QED) is 0.722. The van der Waals surface area contributed by atoms with Crippen molar-refractivity contribution < 1.29 is 4.74 Å². The molecule has 0 saturated heterocycles. The first-order valence-corrected chi connectivity index (χ1v) is 4.48. The van der Waals surface area contributed by atoms with E-state index in [2.05, 4.69) is 17.6 Å². The van der Waals surface area contributed by atoms with Crippen LogP contribution in [0.15, 0.2) is 18.3 Å². The van der Waals surface area contributed by atoms with Crippen molar-refractivity contribution in [2.45, 2.75) is 0 Å². The van der Waals surface area contributed by atoms with Crippen LogP contribution in [-0.4, -0.2) is 17.8 Å². The molecular weight excluding hydrogens is 184 g/mol. The summed E-state index contributed by atoms with van der Waals surface area (Å²) in [6, 6.07) is 1.84. The predicted molar refractivity (Wildman–Crippen MR) is 58.1 cm³/mol. The molecule has 0 fully saturated rings. The molecule has 4 heteroatoms. The van der Waals surface area contributed by atoms with Gasteiger partial charge in [-0.05, 0) is 11.6 Å². The van der Waals surface area contributed by atoms with Gasteiger partial charge in [-0.25, -0.2) is 4.98 Å². The highest BCUT2D eigenvalue weighted by molar-refractivity contribution is 7.80. The number of ether oxygens (including phenoxy) is 1. The molecule has 0 aromatic carbocycles. The summed E-state index contributed by atoms with van der Waals surface area (Å²) in [5.41, 5.74) is 6.51. The van der Waals surface area contributed by atoms with Crippen molar-refractivity contribution in [1.29, 1.82) is 0 Å². The normalized spacial score (nSPS) is 10.6. The van der Waals surface area contributed by atoms with E-state index in [1.807, 2.05) is 18.2 Å². The molecule has 0 aliphatic rings. The summed E-state index contributed by atoms with van der Waals surface area (Å²) < 4.78 is 5.03. The molecule has 70 valence electrons. The van der Waals surface area contributed by atoms with Crippen LogP contribution in [0.3, 0.4) is 0 Å². The molecule has 1 rings (SSSR count). The third kappa shape index (κ3) is 2.66. The van der Waals surface area contributed by atoms with Gasteiger partial charge in [0.1, 0.15) is 0 Å². The Morgan fingerprint density at radius 2 is 2.46 bits per heavy atom. The third-order valence-corrected chi connectivity index (χ3v) is 1.75. The lowest BCUT2D eigenvalue weighted by Gasteiger charge is -2.03. The van der Waals surface area contributed by atoms with Crippen LogP contribution >= 0.6 is 12.6 Å². The highest BCUT2D eigenvalue weighted by atomic mass is 32.1. The Morgan fingerprint density at radius 1 is 1.69 bits per heavy atom. The second-order valence-corrected chi connectivity index (χ2v) is 2.81. The van der Waals surface area contributed by atoms with Crippen LogP contribution in [0.1, 0.15) is 5.56 Å². The van der Waals surface area contributed by atoms with E-state index in [1.165, 1.54) is 0 Å². The molecule has 0 radical (unpaired) electrons. The number of aromatic nitrogens is 1. The fourth-order valence-electron chi connectivity index (χ4n) is 0.914. The number of rotatable bonds is 3. The molecule has 0 spiro atoms. The first-order valence-electron chi connectivity index (χ1n) is 3.85. The SMILES string of the molecule is COc1cc(C=CCS)cnc1N. The first-order chi connectivity index (χ1) is 6.27. The van der Waals surface area contributed by atoms with E-state index < -0.39 is 0 Å². The summed E-state index contributed by atoms with van der Waals surface area (Å²) in [5, 5.41) is 0. The number of hydrogen-bond acceptors (Lipinski definition) is 4. The Bertz CT molecular complexity index is 312. The molecule has 0 unspecified atom stereocenters. The monoisotopic (exact) mass is 196 g/mol. The van der Waals surface area contributed by atoms with E-state index in [0.717, 1.165) is 5.56 Å². The number of methoxy groups -OCH3 is 1. The van der Waals surface area contributed by atoms with Gasteiger partial charge < -0.3 is 10.5 Å². The van der Waals surface area contributed by atoms with Crippen LogP contribution in [0.5, 0.6) is 5.75 Å². The smallest absolute Gasteiger partial charge is 0.166 e. The molecule has 0 saturated carbocycles. The van der Waals surface area contributed by atoms with Crippen molar-refractivity contribution in [3.8, 4) is 5.75 Å². The Morgan fingerprint density at radius 3 is 3.08 bits per heavy atom. The van der Waals surface area contributed by atoms with E-state index in [0.29, 0.717) is 17.3 Å². The molecule has 0 bridgehead atoms. The molecule has 3 nitrogen and oxygen atoms in total. The standard InChI is InChI=1S/C9H12N2OS/c1-12-8-5-7(3-2-4-13)6-11-9(8)10/h2-3,5-6,13H,4H2,1H3,(H2,10,11). The van der Waals surface area contributed by atoms with Gasteiger partial charge in [0.15, 0.2) is 11.6 Å². The van der Waals surface area contributed by atoms with Gasteiger partial charge in [-0.15, -0.1) is 0 Å². The number of thiol groups is 1. The predicted octanol–water partition coefficient (Wildman–Crippen LogP) is 1.62. The van der Waals surface area contributed by atoms with Crippen LogP contribution < -0.4 is 10.5 Å². The van der Waals surface area contributed by atoms with E-state index >= 15 is 0 Å². The van der Waals surface area contributed by atoms with Crippen molar-refractivity contribution in [2.75, 3.05) is 18.6 Å². The van der Waals surface area contributed by atoms with Crippen LogP contribution in [0.25, 0.3) is 6.08 Å². The molecule has 1 aromatic heterocycles. The van der Waals surface area contributed by atoms with Gasteiger partial charge in [0.2, 0.25) is 0 Å². The minimum atomic E-state index is 0.408. The number of nitrogens with two attached hydrogens (primary N) is 1. The van der Waals surface area contributed by atoms with Gasteiger partial charge in [0, 0.05) is 11.9 Å². The van der Waals surface area contributed by atoms with Crippen molar-refractivity contribution in [3.05, 3.63) is 23.9 Å². The second-order valence-electron chi connectivity index (χ2n) is 2.44. The Kier molecular flexibility index (Phi) is 3.64. The van der Waals surface area contributed by atoms with Crippen LogP contribution in [0.2, 0.25) is 0 Å². The number of hydrogen-bond donors (Lipinski definition) is 2. The van der Waals surface area contributed by atoms with E-state index in [-0.39, 0.29) is 0 Å². The maximum atomic E-state index is 5.55. The van der Waals surface area contributed by atoms with Crippen molar-refractivity contribution in [2.24, 2.45) is 0 Å². The van der Waals surface area contributed by atoms with E-state index in [1.54, 1.807) is 13.3 Å². The molecule has 1 heterocycles. The second kappa shape index (κ2) is 4.77. The minimum absolute atomic E-state index is 0.408. The third-order valence-electron chi connectivity index (χ3n) is 1.54. The molecule has 0 aliphatic heterocycles. The van der Waals surface area contributed by atoms with Crippen LogP contribution in [0.4, 0.5) is 5.82 Å². The molecule has 0 atom stereocenters. The zero-order valence-electron chi connectivity index (χ0n) is 7.40. The maximum absolute atomic E-state index is 5.55. The lowest BCUT2D eigenvalue weighted by molar-refractivity contribution is 0.415. The van der Waals surface area contributed by atoms with Crippen molar-refractivity contribution >= 4 is 24.5 Å². The fraction of sp³-hybridized carbons (Fsp3) is 0.222. The van der Waals surface area contributed by atoms with Gasteiger partial charge in [-0.2, -0.15) is 12.6 Å². The topological polar surface area (TPSA) is 48.1 Å². The van der Waals surface area contributed by atoms with Gasteiger partial charge in [0.25, 0.3) is 0 Å². The zero-order chi connectivity index (χ0) is 9.68. The lowest BCUT2D eigenvalue weighted by atomic mass is 10.2. The average Bonchev–Trinajstić information content (AvgIpc) is 2.16. The van der Waals surface area contributed by atoms with Crippen molar-refractivity contribution in [3.63, 3.8) is 0 Å². The summed E-state index contributed by atoms with van der Waals surface area (Å²) in [5.74, 6) is 1.71. The van der Waals surface area contributed by atoms with Gasteiger partial charge in [-0.3, -0.25) is 0 Å². The minimum Gasteiger partial charge on any atom is -0.493 e. The first kappa shape index (κ1) is 9.92. The lowest BCUT2D eigenvalue weighted by Crippen LogP contribution is -1.95. The van der Waals surface area contributed by atoms with Gasteiger partial charge in [-0.1, -0.05) is 12.2 Å². The Labute approximate surface area is 83.0 Å². The van der Waals surface area contributed by atoms with E-state index in [4.69, 9.17) is 10.5 Å². The summed E-state index contributed by atoms with van der Waals surface area (Å²) >= 11 is 4.06. The molecule has 13 heavy (non-hydrogen) atoms. The van der Waals surface area contributed by atoms with Crippen LogP contribution in [-0.2, 0) is 0 Å². The molecule has 0 amide bonds. The van der Waals surface area contributed by atoms with E-state index in [9.17, 15) is 0 Å². The average molecular weight is 196 g/mol. The number of nitrogen functional groups attached to an aromatic ring is 1. The molecule has 2 N–H and O–H groups in total. The summed E-state index contributed by atoms with van der Waals surface area (Å²) in [6.45, 7) is 0. The van der Waals surface area contributed by atoms with Gasteiger partial charge in [0.05, 0.1) is 7.11 Å². The van der Waals surface area contributed by atoms with Crippen molar-refractivity contribution in [1.82, 2.24) is 4.98 Å². The zero-order valence-corrected chi connectivity index (χ0v) is 8.29. The Balaban J connectivity index is 2.92. The summed E-state index contributed by atoms with van der Waals surface area (Å²) in [6.07, 6.45) is 5.54. The Hall–Kier alpha value is -1.16. The summed E-state index contributed by atoms with van der Waals surface area (Å²) in [4.78, 5) is 3.98. The molecular formula is C9H12N2OS. The highest BCUT2D eigenvalue weighted by Crippen LogP contribution is 2.19.